The molecule has 1 aliphatic heterocycles. The molecule has 0 N–H and O–H groups in total. The molecule has 4 nitrogen and oxygen atoms in total. The zero-order valence-corrected chi connectivity index (χ0v) is 10.9. The summed E-state index contributed by atoms with van der Waals surface area (Å²) in [7, 11) is 1.40. The second-order valence-corrected chi connectivity index (χ2v) is 4.61. The Labute approximate surface area is 107 Å². The Kier molecular flexibility index (Phi) is 4.33. The van der Waals surface area contributed by atoms with Gasteiger partial charge >= 0.3 is 5.97 Å². The van der Waals surface area contributed by atoms with Crippen LogP contribution in [-0.4, -0.2) is 43.8 Å². The van der Waals surface area contributed by atoms with E-state index in [1.807, 2.05) is 18.2 Å². The molecule has 0 amide bonds. The van der Waals surface area contributed by atoms with Crippen LogP contribution in [0.1, 0.15) is 22.8 Å². The van der Waals surface area contributed by atoms with Crippen LogP contribution < -0.4 is 0 Å². The Balaban J connectivity index is 2.02. The van der Waals surface area contributed by atoms with Gasteiger partial charge in [0, 0.05) is 19.6 Å². The van der Waals surface area contributed by atoms with Gasteiger partial charge in [-0.1, -0.05) is 12.1 Å². The van der Waals surface area contributed by atoms with Gasteiger partial charge in [0.15, 0.2) is 0 Å². The molecular formula is C14H19NO3. The Morgan fingerprint density at radius 1 is 1.56 bits per heavy atom. The molecule has 4 heteroatoms. The highest BCUT2D eigenvalue weighted by Gasteiger charge is 2.17. The molecular weight excluding hydrogens is 230 g/mol. The second kappa shape index (κ2) is 5.98. The quantitative estimate of drug-likeness (QED) is 0.764. The summed E-state index contributed by atoms with van der Waals surface area (Å²) in [6.07, 6.45) is 0.280. The van der Waals surface area contributed by atoms with Crippen LogP contribution in [0.2, 0.25) is 0 Å². The van der Waals surface area contributed by atoms with Crippen molar-refractivity contribution in [3.8, 4) is 0 Å². The van der Waals surface area contributed by atoms with Crippen LogP contribution in [0.3, 0.4) is 0 Å². The van der Waals surface area contributed by atoms with Gasteiger partial charge in [-0.2, -0.15) is 0 Å². The van der Waals surface area contributed by atoms with Crippen molar-refractivity contribution in [2.75, 3.05) is 26.8 Å². The monoisotopic (exact) mass is 249 g/mol. The molecule has 1 aromatic carbocycles. The second-order valence-electron chi connectivity index (χ2n) is 4.61. The number of esters is 1. The highest BCUT2D eigenvalue weighted by atomic mass is 16.5. The molecule has 1 heterocycles. The first-order chi connectivity index (χ1) is 8.69. The number of rotatable bonds is 3. The van der Waals surface area contributed by atoms with Crippen LogP contribution in [0.25, 0.3) is 0 Å². The van der Waals surface area contributed by atoms with Gasteiger partial charge in [-0.05, 0) is 24.6 Å². The number of hydrogen-bond acceptors (Lipinski definition) is 4. The summed E-state index contributed by atoms with van der Waals surface area (Å²) in [6.45, 7) is 5.57. The number of carbonyl (C=O) groups excluding carboxylic acids is 1. The van der Waals surface area contributed by atoms with Crippen molar-refractivity contribution in [1.29, 1.82) is 0 Å². The van der Waals surface area contributed by atoms with E-state index in [4.69, 9.17) is 9.47 Å². The molecule has 0 saturated carbocycles. The summed E-state index contributed by atoms with van der Waals surface area (Å²) in [5.41, 5.74) is 1.74. The molecule has 0 spiro atoms. The van der Waals surface area contributed by atoms with Gasteiger partial charge in [-0.25, -0.2) is 4.79 Å². The number of nitrogens with zero attached hydrogens (tertiary/aromatic N) is 1. The summed E-state index contributed by atoms with van der Waals surface area (Å²) in [6, 6.07) is 7.60. The smallest absolute Gasteiger partial charge is 0.337 e. The van der Waals surface area contributed by atoms with Crippen molar-refractivity contribution in [1.82, 2.24) is 4.90 Å². The largest absolute Gasteiger partial charge is 0.465 e. The highest BCUT2D eigenvalue weighted by Crippen LogP contribution is 2.12. The van der Waals surface area contributed by atoms with E-state index in [1.54, 1.807) is 6.07 Å². The van der Waals surface area contributed by atoms with Crippen molar-refractivity contribution < 1.29 is 14.3 Å². The van der Waals surface area contributed by atoms with E-state index in [2.05, 4.69) is 11.8 Å². The van der Waals surface area contributed by atoms with Crippen molar-refractivity contribution in [3.63, 3.8) is 0 Å². The first-order valence-electron chi connectivity index (χ1n) is 6.20. The number of morpholine rings is 1. The van der Waals surface area contributed by atoms with E-state index in [1.165, 1.54) is 7.11 Å². The Morgan fingerprint density at radius 2 is 2.39 bits per heavy atom. The summed E-state index contributed by atoms with van der Waals surface area (Å²) >= 11 is 0. The Bertz CT molecular complexity index is 419. The van der Waals surface area contributed by atoms with Crippen molar-refractivity contribution in [2.24, 2.45) is 0 Å². The molecule has 1 fully saturated rings. The fraction of sp³-hybridized carbons (Fsp3) is 0.500. The van der Waals surface area contributed by atoms with E-state index < -0.39 is 0 Å². The summed E-state index contributed by atoms with van der Waals surface area (Å²) in [5, 5.41) is 0. The van der Waals surface area contributed by atoms with E-state index in [9.17, 15) is 4.79 Å². The number of carbonyl (C=O) groups is 1. The van der Waals surface area contributed by atoms with E-state index in [0.717, 1.165) is 31.8 Å². The van der Waals surface area contributed by atoms with E-state index >= 15 is 0 Å². The molecule has 1 atom stereocenters. The normalized spacial score (nSPS) is 20.7. The maximum Gasteiger partial charge on any atom is 0.337 e. The fourth-order valence-corrected chi connectivity index (χ4v) is 2.21. The Hall–Kier alpha value is -1.39. The summed E-state index contributed by atoms with van der Waals surface area (Å²) in [5.74, 6) is -0.285. The van der Waals surface area contributed by atoms with Gasteiger partial charge in [0.1, 0.15) is 0 Å². The maximum absolute atomic E-state index is 11.5. The number of benzene rings is 1. The lowest BCUT2D eigenvalue weighted by molar-refractivity contribution is -0.0212. The van der Waals surface area contributed by atoms with Gasteiger partial charge in [0.25, 0.3) is 0 Å². The zero-order chi connectivity index (χ0) is 13.0. The first-order valence-corrected chi connectivity index (χ1v) is 6.20. The molecule has 0 bridgehead atoms. The summed E-state index contributed by atoms with van der Waals surface area (Å²) in [4.78, 5) is 13.8. The van der Waals surface area contributed by atoms with Crippen LogP contribution in [0.5, 0.6) is 0 Å². The third-order valence-corrected chi connectivity index (χ3v) is 3.08. The minimum atomic E-state index is -0.285. The average molecular weight is 249 g/mol. The van der Waals surface area contributed by atoms with E-state index in [-0.39, 0.29) is 12.1 Å². The molecule has 2 rings (SSSR count). The highest BCUT2D eigenvalue weighted by molar-refractivity contribution is 5.89. The van der Waals surface area contributed by atoms with Crippen LogP contribution >= 0.6 is 0 Å². The fourth-order valence-electron chi connectivity index (χ4n) is 2.21. The molecule has 1 unspecified atom stereocenters. The van der Waals surface area contributed by atoms with Crippen LogP contribution in [0, 0.1) is 0 Å². The van der Waals surface area contributed by atoms with Gasteiger partial charge in [-0.3, -0.25) is 4.90 Å². The third kappa shape index (κ3) is 3.31. The van der Waals surface area contributed by atoms with E-state index in [0.29, 0.717) is 5.56 Å². The van der Waals surface area contributed by atoms with Crippen LogP contribution in [0.15, 0.2) is 24.3 Å². The van der Waals surface area contributed by atoms with Gasteiger partial charge in [0.2, 0.25) is 0 Å². The minimum Gasteiger partial charge on any atom is -0.465 e. The lowest BCUT2D eigenvalue weighted by Crippen LogP contribution is -2.40. The average Bonchev–Trinajstić information content (AvgIpc) is 2.38. The summed E-state index contributed by atoms with van der Waals surface area (Å²) < 4.78 is 10.2. The lowest BCUT2D eigenvalue weighted by atomic mass is 10.1. The van der Waals surface area contributed by atoms with Crippen molar-refractivity contribution >= 4 is 5.97 Å². The molecule has 1 aromatic rings. The molecule has 0 aliphatic carbocycles. The third-order valence-electron chi connectivity index (χ3n) is 3.08. The van der Waals surface area contributed by atoms with Gasteiger partial charge in [-0.15, -0.1) is 0 Å². The van der Waals surface area contributed by atoms with Crippen LogP contribution in [-0.2, 0) is 16.0 Å². The van der Waals surface area contributed by atoms with Gasteiger partial charge in [0.05, 0.1) is 25.4 Å². The lowest BCUT2D eigenvalue weighted by Gasteiger charge is -2.31. The Morgan fingerprint density at radius 3 is 3.11 bits per heavy atom. The molecule has 1 saturated heterocycles. The molecule has 1 aliphatic rings. The number of methoxy groups -OCH3 is 1. The van der Waals surface area contributed by atoms with Crippen molar-refractivity contribution in [2.45, 2.75) is 19.6 Å². The molecule has 0 aromatic heterocycles. The molecule has 98 valence electrons. The van der Waals surface area contributed by atoms with Crippen LogP contribution in [0.4, 0.5) is 0 Å². The predicted octanol–water partition coefficient (Wildman–Crippen LogP) is 1.69. The molecule has 0 radical (unpaired) electrons. The maximum atomic E-state index is 11.5. The predicted molar refractivity (Wildman–Crippen MR) is 68.5 cm³/mol. The molecule has 18 heavy (non-hydrogen) atoms. The standard InChI is InChI=1S/C14H19NO3/c1-11-9-15(6-7-18-11)10-12-4-3-5-13(8-12)14(16)17-2/h3-5,8,11H,6-7,9-10H2,1-2H3. The SMILES string of the molecule is COC(=O)c1cccc(CN2CCOC(C)C2)c1. The number of ether oxygens (including phenoxy) is 2. The number of hydrogen-bond donors (Lipinski definition) is 0. The zero-order valence-electron chi connectivity index (χ0n) is 10.9. The first kappa shape index (κ1) is 13.1. The topological polar surface area (TPSA) is 38.8 Å². The van der Waals surface area contributed by atoms with Crippen molar-refractivity contribution in [3.05, 3.63) is 35.4 Å². The minimum absolute atomic E-state index is 0.280. The van der Waals surface area contributed by atoms with Gasteiger partial charge < -0.3 is 9.47 Å².